The van der Waals surface area contributed by atoms with Crippen molar-refractivity contribution in [1.29, 1.82) is 0 Å². The fourth-order valence-corrected chi connectivity index (χ4v) is 4.14. The smallest absolute Gasteiger partial charge is 0.225 e. The number of piperazine rings is 1. The summed E-state index contributed by atoms with van der Waals surface area (Å²) in [6.07, 6.45) is 1.63. The Hall–Kier alpha value is -3.42. The van der Waals surface area contributed by atoms with Gasteiger partial charge in [0.15, 0.2) is 11.4 Å². The molecule has 0 aliphatic carbocycles. The summed E-state index contributed by atoms with van der Waals surface area (Å²) >= 11 is 0. The minimum atomic E-state index is -0.00657. The first-order valence-electron chi connectivity index (χ1n) is 10.3. The van der Waals surface area contributed by atoms with Crippen molar-refractivity contribution >= 4 is 28.4 Å². The Morgan fingerprint density at radius 2 is 1.97 bits per heavy atom. The molecule has 4 aromatic rings. The number of amides is 1. The van der Waals surface area contributed by atoms with Gasteiger partial charge >= 0.3 is 0 Å². The van der Waals surface area contributed by atoms with Crippen LogP contribution in [0.5, 0.6) is 0 Å². The molecule has 0 saturated carbocycles. The molecule has 1 atom stereocenters. The number of hydrogen-bond donors (Lipinski definition) is 0. The highest BCUT2D eigenvalue weighted by Crippen LogP contribution is 2.29. The van der Waals surface area contributed by atoms with Crippen molar-refractivity contribution in [3.63, 3.8) is 0 Å². The van der Waals surface area contributed by atoms with Crippen molar-refractivity contribution in [2.75, 3.05) is 24.5 Å². The van der Waals surface area contributed by atoms with E-state index < -0.39 is 0 Å². The number of rotatable bonds is 3. The Morgan fingerprint density at radius 3 is 2.70 bits per heavy atom. The minimum Gasteiger partial charge on any atom is -0.461 e. The third-order valence-electron chi connectivity index (χ3n) is 5.66. The van der Waals surface area contributed by atoms with Crippen LogP contribution in [-0.4, -0.2) is 56.1 Å². The van der Waals surface area contributed by atoms with Gasteiger partial charge in [-0.25, -0.2) is 9.38 Å². The van der Waals surface area contributed by atoms with E-state index in [0.29, 0.717) is 31.2 Å². The molecule has 1 amide bonds. The SMILES string of the molecule is CC(C)C(=O)N1CCN(c2nc3ccccc3c3nnc(-c4ccco4)n23)CC1C. The van der Waals surface area contributed by atoms with Gasteiger partial charge in [0.2, 0.25) is 17.7 Å². The number of furan rings is 1. The summed E-state index contributed by atoms with van der Waals surface area (Å²) in [6.45, 7) is 8.02. The number of anilines is 1. The molecule has 1 aliphatic rings. The lowest BCUT2D eigenvalue weighted by atomic mass is 10.1. The maximum absolute atomic E-state index is 12.6. The summed E-state index contributed by atoms with van der Waals surface area (Å²) in [5, 5.41) is 9.82. The van der Waals surface area contributed by atoms with Gasteiger partial charge in [0.25, 0.3) is 0 Å². The van der Waals surface area contributed by atoms with Crippen molar-refractivity contribution in [2.24, 2.45) is 5.92 Å². The average molecular weight is 404 g/mol. The monoisotopic (exact) mass is 404 g/mol. The highest BCUT2D eigenvalue weighted by atomic mass is 16.3. The Balaban J connectivity index is 1.63. The number of benzene rings is 1. The van der Waals surface area contributed by atoms with E-state index in [1.807, 2.05) is 59.5 Å². The maximum atomic E-state index is 12.6. The van der Waals surface area contributed by atoms with Crippen LogP contribution >= 0.6 is 0 Å². The highest BCUT2D eigenvalue weighted by Gasteiger charge is 2.31. The standard InChI is InChI=1S/C22H24N6O2/c1-14(2)21(29)27-11-10-26(13-15(27)3)22-23-17-8-5-4-7-16(17)19-24-25-20(28(19)22)18-9-6-12-30-18/h4-9,12,14-15H,10-11,13H2,1-3H3. The van der Waals surface area contributed by atoms with Gasteiger partial charge in [0, 0.05) is 37.0 Å². The molecule has 0 N–H and O–H groups in total. The Bertz CT molecular complexity index is 1210. The number of aromatic nitrogens is 4. The Kier molecular flexibility index (Phi) is 4.42. The van der Waals surface area contributed by atoms with Crippen LogP contribution in [0.2, 0.25) is 0 Å². The van der Waals surface area contributed by atoms with Crippen LogP contribution in [0.1, 0.15) is 20.8 Å². The molecule has 30 heavy (non-hydrogen) atoms. The lowest BCUT2D eigenvalue weighted by Gasteiger charge is -2.41. The molecular formula is C22H24N6O2. The van der Waals surface area contributed by atoms with Crippen molar-refractivity contribution < 1.29 is 9.21 Å². The molecule has 8 heteroatoms. The van der Waals surface area contributed by atoms with Crippen LogP contribution in [0.15, 0.2) is 47.1 Å². The molecule has 4 heterocycles. The Labute approximate surface area is 174 Å². The van der Waals surface area contributed by atoms with Gasteiger partial charge in [-0.3, -0.25) is 4.79 Å². The van der Waals surface area contributed by atoms with Crippen LogP contribution in [0.4, 0.5) is 5.95 Å². The van der Waals surface area contributed by atoms with Crippen LogP contribution in [-0.2, 0) is 4.79 Å². The zero-order chi connectivity index (χ0) is 20.8. The zero-order valence-electron chi connectivity index (χ0n) is 17.3. The van der Waals surface area contributed by atoms with Gasteiger partial charge in [0.05, 0.1) is 11.8 Å². The normalized spacial score (nSPS) is 17.4. The largest absolute Gasteiger partial charge is 0.461 e. The molecule has 154 valence electrons. The average Bonchev–Trinajstić information content (AvgIpc) is 3.42. The van der Waals surface area contributed by atoms with Gasteiger partial charge < -0.3 is 14.2 Å². The fourth-order valence-electron chi connectivity index (χ4n) is 4.14. The molecule has 3 aromatic heterocycles. The predicted molar refractivity (Wildman–Crippen MR) is 114 cm³/mol. The van der Waals surface area contributed by atoms with Crippen molar-refractivity contribution in [2.45, 2.75) is 26.8 Å². The molecule has 5 rings (SSSR count). The summed E-state index contributed by atoms with van der Waals surface area (Å²) in [5.41, 5.74) is 1.61. The number of carbonyl (C=O) groups is 1. The summed E-state index contributed by atoms with van der Waals surface area (Å²) in [5.74, 6) is 2.22. The number of nitrogens with zero attached hydrogens (tertiary/aromatic N) is 6. The summed E-state index contributed by atoms with van der Waals surface area (Å²) in [4.78, 5) is 21.7. The maximum Gasteiger partial charge on any atom is 0.225 e. The number of hydrogen-bond acceptors (Lipinski definition) is 6. The molecule has 1 fully saturated rings. The quantitative estimate of drug-likeness (QED) is 0.522. The van der Waals surface area contributed by atoms with E-state index >= 15 is 0 Å². The van der Waals surface area contributed by atoms with Crippen LogP contribution < -0.4 is 4.90 Å². The van der Waals surface area contributed by atoms with Crippen molar-refractivity contribution in [3.8, 4) is 11.6 Å². The topological polar surface area (TPSA) is 79.8 Å². The van der Waals surface area contributed by atoms with E-state index in [1.165, 1.54) is 0 Å². The first-order valence-corrected chi connectivity index (χ1v) is 10.3. The van der Waals surface area contributed by atoms with Crippen molar-refractivity contribution in [1.82, 2.24) is 24.5 Å². The molecule has 0 radical (unpaired) electrons. The van der Waals surface area contributed by atoms with E-state index in [4.69, 9.17) is 9.40 Å². The van der Waals surface area contributed by atoms with E-state index in [1.54, 1.807) is 6.26 Å². The summed E-state index contributed by atoms with van der Waals surface area (Å²) < 4.78 is 7.58. The number of carbonyl (C=O) groups excluding carboxylic acids is 1. The predicted octanol–water partition coefficient (Wildman–Crippen LogP) is 3.23. The molecular weight excluding hydrogens is 380 g/mol. The lowest BCUT2D eigenvalue weighted by molar-refractivity contribution is -0.136. The highest BCUT2D eigenvalue weighted by molar-refractivity contribution is 5.93. The molecule has 0 bridgehead atoms. The second-order valence-corrected chi connectivity index (χ2v) is 8.07. The summed E-state index contributed by atoms with van der Waals surface area (Å²) in [7, 11) is 0. The fraction of sp³-hybridized carbons (Fsp3) is 0.364. The van der Waals surface area contributed by atoms with Crippen LogP contribution in [0.25, 0.3) is 28.1 Å². The van der Waals surface area contributed by atoms with Crippen molar-refractivity contribution in [3.05, 3.63) is 42.7 Å². The summed E-state index contributed by atoms with van der Waals surface area (Å²) in [6, 6.07) is 11.7. The first-order chi connectivity index (χ1) is 14.5. The van der Waals surface area contributed by atoms with E-state index in [9.17, 15) is 4.79 Å². The van der Waals surface area contributed by atoms with Gasteiger partial charge in [-0.2, -0.15) is 0 Å². The number of para-hydroxylation sites is 1. The molecule has 8 nitrogen and oxygen atoms in total. The first kappa shape index (κ1) is 18.6. The van der Waals surface area contributed by atoms with Gasteiger partial charge in [0.1, 0.15) is 0 Å². The zero-order valence-corrected chi connectivity index (χ0v) is 17.3. The Morgan fingerprint density at radius 1 is 1.13 bits per heavy atom. The van der Waals surface area contributed by atoms with Gasteiger partial charge in [-0.15, -0.1) is 10.2 Å². The minimum absolute atomic E-state index is 0.00657. The lowest BCUT2D eigenvalue weighted by Crippen LogP contribution is -2.55. The van der Waals surface area contributed by atoms with Gasteiger partial charge in [-0.05, 0) is 31.2 Å². The second kappa shape index (κ2) is 7.12. The molecule has 1 saturated heterocycles. The second-order valence-electron chi connectivity index (χ2n) is 8.07. The van der Waals surface area contributed by atoms with E-state index in [-0.39, 0.29) is 17.9 Å². The van der Waals surface area contributed by atoms with Crippen LogP contribution in [0, 0.1) is 5.92 Å². The van der Waals surface area contributed by atoms with E-state index in [2.05, 4.69) is 22.0 Å². The molecule has 1 unspecified atom stereocenters. The molecule has 1 aliphatic heterocycles. The number of fused-ring (bicyclic) bond motifs is 3. The third kappa shape index (κ3) is 2.91. The molecule has 1 aromatic carbocycles. The molecule has 0 spiro atoms. The van der Waals surface area contributed by atoms with Crippen LogP contribution in [0.3, 0.4) is 0 Å². The third-order valence-corrected chi connectivity index (χ3v) is 5.66. The van der Waals surface area contributed by atoms with E-state index in [0.717, 1.165) is 22.5 Å². The van der Waals surface area contributed by atoms with Gasteiger partial charge in [-0.1, -0.05) is 26.0 Å².